The first-order chi connectivity index (χ1) is 8.11. The van der Waals surface area contributed by atoms with Crippen LogP contribution in [0.2, 0.25) is 0 Å². The van der Waals surface area contributed by atoms with Crippen molar-refractivity contribution in [1.82, 2.24) is 5.32 Å². The number of nitrogens with one attached hydrogen (secondary N) is 1. The van der Waals surface area contributed by atoms with Gasteiger partial charge in [-0.05, 0) is 26.2 Å². The summed E-state index contributed by atoms with van der Waals surface area (Å²) in [6.45, 7) is 5.83. The number of esters is 1. The smallest absolute Gasteiger partial charge is 0.322 e. The van der Waals surface area contributed by atoms with Gasteiger partial charge in [0.05, 0.1) is 7.11 Å². The molecule has 1 N–H and O–H groups in total. The van der Waals surface area contributed by atoms with E-state index in [2.05, 4.69) is 19.2 Å². The van der Waals surface area contributed by atoms with Crippen molar-refractivity contribution in [3.05, 3.63) is 0 Å². The topological polar surface area (TPSA) is 47.6 Å². The van der Waals surface area contributed by atoms with Crippen LogP contribution in [0.25, 0.3) is 0 Å². The minimum Gasteiger partial charge on any atom is -0.468 e. The molecule has 0 aliphatic carbocycles. The van der Waals surface area contributed by atoms with Crippen molar-refractivity contribution < 1.29 is 14.3 Å². The standard InChI is InChI=1S/C13H25NO3/c1-4-5-6-11(12(15)16-3)14-13(2)7-9-17-10-8-13/h11,14H,4-10H2,1-3H3. The minimum atomic E-state index is -0.178. The highest BCUT2D eigenvalue weighted by Gasteiger charge is 2.32. The Morgan fingerprint density at radius 3 is 2.65 bits per heavy atom. The summed E-state index contributed by atoms with van der Waals surface area (Å²) >= 11 is 0. The van der Waals surface area contributed by atoms with Crippen molar-refractivity contribution in [1.29, 1.82) is 0 Å². The normalized spacial score (nSPS) is 20.9. The lowest BCUT2D eigenvalue weighted by atomic mass is 9.90. The van der Waals surface area contributed by atoms with Gasteiger partial charge in [-0.15, -0.1) is 0 Å². The summed E-state index contributed by atoms with van der Waals surface area (Å²) in [7, 11) is 1.45. The van der Waals surface area contributed by atoms with E-state index in [1.54, 1.807) is 0 Å². The summed E-state index contributed by atoms with van der Waals surface area (Å²) in [4.78, 5) is 11.7. The molecule has 4 nitrogen and oxygen atoms in total. The SMILES string of the molecule is CCCCC(NC1(C)CCOCC1)C(=O)OC. The van der Waals surface area contributed by atoms with Gasteiger partial charge in [-0.25, -0.2) is 0 Å². The number of ether oxygens (including phenoxy) is 2. The zero-order valence-corrected chi connectivity index (χ0v) is 11.3. The van der Waals surface area contributed by atoms with Gasteiger partial charge in [0, 0.05) is 18.8 Å². The molecule has 1 fully saturated rings. The van der Waals surface area contributed by atoms with Crippen LogP contribution in [-0.4, -0.2) is 37.9 Å². The monoisotopic (exact) mass is 243 g/mol. The Labute approximate surface area is 104 Å². The molecule has 0 aromatic carbocycles. The molecule has 0 bridgehead atoms. The Morgan fingerprint density at radius 2 is 2.12 bits per heavy atom. The number of hydrogen-bond donors (Lipinski definition) is 1. The molecule has 1 aliphatic rings. The van der Waals surface area contributed by atoms with Crippen molar-refractivity contribution in [2.24, 2.45) is 0 Å². The maximum Gasteiger partial charge on any atom is 0.322 e. The van der Waals surface area contributed by atoms with Crippen molar-refractivity contribution >= 4 is 5.97 Å². The summed E-state index contributed by atoms with van der Waals surface area (Å²) in [5, 5.41) is 3.46. The van der Waals surface area contributed by atoms with Gasteiger partial charge >= 0.3 is 5.97 Å². The van der Waals surface area contributed by atoms with Gasteiger partial charge in [0.15, 0.2) is 0 Å². The second kappa shape index (κ2) is 6.97. The average molecular weight is 243 g/mol. The Balaban J connectivity index is 2.54. The molecule has 100 valence electrons. The van der Waals surface area contributed by atoms with E-state index in [9.17, 15) is 4.79 Å². The number of carbonyl (C=O) groups excluding carboxylic acids is 1. The number of unbranched alkanes of at least 4 members (excludes halogenated alkanes) is 1. The van der Waals surface area contributed by atoms with Gasteiger partial charge in [-0.3, -0.25) is 10.1 Å². The van der Waals surface area contributed by atoms with Crippen LogP contribution in [0.15, 0.2) is 0 Å². The number of carbonyl (C=O) groups is 1. The van der Waals surface area contributed by atoms with E-state index < -0.39 is 0 Å². The van der Waals surface area contributed by atoms with Gasteiger partial charge in [-0.1, -0.05) is 19.8 Å². The fourth-order valence-electron chi connectivity index (χ4n) is 2.19. The van der Waals surface area contributed by atoms with E-state index >= 15 is 0 Å². The third kappa shape index (κ3) is 4.64. The minimum absolute atomic E-state index is 0.00481. The molecule has 1 unspecified atom stereocenters. The highest BCUT2D eigenvalue weighted by atomic mass is 16.5. The van der Waals surface area contributed by atoms with Crippen LogP contribution in [0.4, 0.5) is 0 Å². The van der Waals surface area contributed by atoms with E-state index in [1.165, 1.54) is 7.11 Å². The van der Waals surface area contributed by atoms with E-state index in [0.29, 0.717) is 0 Å². The van der Waals surface area contributed by atoms with E-state index in [4.69, 9.17) is 9.47 Å². The van der Waals surface area contributed by atoms with E-state index in [-0.39, 0.29) is 17.6 Å². The number of rotatable bonds is 6. The van der Waals surface area contributed by atoms with Crippen molar-refractivity contribution in [2.75, 3.05) is 20.3 Å². The van der Waals surface area contributed by atoms with E-state index in [0.717, 1.165) is 45.3 Å². The molecule has 4 heteroatoms. The van der Waals surface area contributed by atoms with Crippen LogP contribution in [0.5, 0.6) is 0 Å². The first-order valence-corrected chi connectivity index (χ1v) is 6.54. The molecule has 0 aromatic rings. The second-order valence-corrected chi connectivity index (χ2v) is 5.04. The van der Waals surface area contributed by atoms with Gasteiger partial charge in [0.25, 0.3) is 0 Å². The lowest BCUT2D eigenvalue weighted by Gasteiger charge is -2.37. The number of hydrogen-bond acceptors (Lipinski definition) is 4. The Morgan fingerprint density at radius 1 is 1.47 bits per heavy atom. The molecule has 0 aromatic heterocycles. The first kappa shape index (κ1) is 14.5. The summed E-state index contributed by atoms with van der Waals surface area (Å²) < 4.78 is 10.2. The highest BCUT2D eigenvalue weighted by Crippen LogP contribution is 2.21. The molecule has 17 heavy (non-hydrogen) atoms. The lowest BCUT2D eigenvalue weighted by Crippen LogP contribution is -2.54. The van der Waals surface area contributed by atoms with Crippen molar-refractivity contribution in [3.8, 4) is 0 Å². The Kier molecular flexibility index (Phi) is 5.92. The first-order valence-electron chi connectivity index (χ1n) is 6.54. The van der Waals surface area contributed by atoms with Crippen LogP contribution >= 0.6 is 0 Å². The summed E-state index contributed by atoms with van der Waals surface area (Å²) in [5.74, 6) is -0.147. The third-order valence-electron chi connectivity index (χ3n) is 3.45. The van der Waals surface area contributed by atoms with Crippen LogP contribution in [0.1, 0.15) is 46.0 Å². The quantitative estimate of drug-likeness (QED) is 0.724. The predicted molar refractivity (Wildman–Crippen MR) is 66.9 cm³/mol. The summed E-state index contributed by atoms with van der Waals surface area (Å²) in [6, 6.07) is -0.178. The number of methoxy groups -OCH3 is 1. The molecule has 0 spiro atoms. The lowest BCUT2D eigenvalue weighted by molar-refractivity contribution is -0.144. The molecule has 0 saturated carbocycles. The highest BCUT2D eigenvalue weighted by molar-refractivity contribution is 5.75. The Hall–Kier alpha value is -0.610. The molecule has 1 aliphatic heterocycles. The molecule has 1 heterocycles. The van der Waals surface area contributed by atoms with Crippen molar-refractivity contribution in [3.63, 3.8) is 0 Å². The van der Waals surface area contributed by atoms with Crippen LogP contribution in [0, 0.1) is 0 Å². The second-order valence-electron chi connectivity index (χ2n) is 5.04. The molecule has 1 rings (SSSR count). The van der Waals surface area contributed by atoms with Crippen LogP contribution in [0.3, 0.4) is 0 Å². The predicted octanol–water partition coefficient (Wildman–Crippen LogP) is 1.88. The fraction of sp³-hybridized carbons (Fsp3) is 0.923. The summed E-state index contributed by atoms with van der Waals surface area (Å²) in [5.41, 5.74) is 0.00481. The average Bonchev–Trinajstić information content (AvgIpc) is 2.34. The largest absolute Gasteiger partial charge is 0.468 e. The van der Waals surface area contributed by atoms with E-state index in [1.807, 2.05) is 0 Å². The van der Waals surface area contributed by atoms with Gasteiger partial charge < -0.3 is 9.47 Å². The van der Waals surface area contributed by atoms with Gasteiger partial charge in [0.1, 0.15) is 6.04 Å². The van der Waals surface area contributed by atoms with Gasteiger partial charge in [-0.2, -0.15) is 0 Å². The molecular formula is C13H25NO3. The molecule has 0 radical (unpaired) electrons. The van der Waals surface area contributed by atoms with Crippen molar-refractivity contribution in [2.45, 2.75) is 57.5 Å². The molecular weight excluding hydrogens is 218 g/mol. The van der Waals surface area contributed by atoms with Gasteiger partial charge in [0.2, 0.25) is 0 Å². The maximum absolute atomic E-state index is 11.7. The van der Waals surface area contributed by atoms with Crippen LogP contribution < -0.4 is 5.32 Å². The molecule has 1 atom stereocenters. The Bertz CT molecular complexity index is 237. The zero-order valence-electron chi connectivity index (χ0n) is 11.3. The third-order valence-corrected chi connectivity index (χ3v) is 3.45. The molecule has 0 amide bonds. The van der Waals surface area contributed by atoms with Crippen LogP contribution in [-0.2, 0) is 14.3 Å². The maximum atomic E-state index is 11.7. The zero-order chi connectivity index (χ0) is 12.7. The molecule has 1 saturated heterocycles. The summed E-state index contributed by atoms with van der Waals surface area (Å²) in [6.07, 6.45) is 4.88. The fourth-order valence-corrected chi connectivity index (χ4v) is 2.19.